The number of hydrogen-bond acceptors (Lipinski definition) is 3. The number of nitrogens with one attached hydrogen (secondary N) is 2. The molecule has 0 radical (unpaired) electrons. The summed E-state index contributed by atoms with van der Waals surface area (Å²) in [5.41, 5.74) is 0. The maximum Gasteiger partial charge on any atom is 0.315 e. The number of hydrogen-bond donors (Lipinski definition) is 3. The van der Waals surface area contributed by atoms with Crippen LogP contribution in [0.25, 0.3) is 0 Å². The number of nitrogens with zero attached hydrogens (tertiary/aromatic N) is 2. The Kier molecular flexibility index (Phi) is 6.71. The topological polar surface area (TPSA) is 96.3 Å². The number of carbonyl (C=O) groups is 2. The number of rotatable bonds is 8. The first-order valence-corrected chi connectivity index (χ1v) is 7.11. The fourth-order valence-electron chi connectivity index (χ4n) is 2.09. The monoisotopic (exact) mass is 296 g/mol. The molecule has 7 nitrogen and oxygen atoms in total. The number of carboxylic acids is 1. The van der Waals surface area contributed by atoms with Crippen molar-refractivity contribution in [2.75, 3.05) is 6.54 Å². The zero-order valence-electron chi connectivity index (χ0n) is 12.7. The van der Waals surface area contributed by atoms with Crippen molar-refractivity contribution in [2.45, 2.75) is 39.8 Å². The molecule has 0 spiro atoms. The summed E-state index contributed by atoms with van der Waals surface area (Å²) >= 11 is 0. The molecular formula is C14H24N4O3. The summed E-state index contributed by atoms with van der Waals surface area (Å²) in [5, 5.41) is 14.5. The van der Waals surface area contributed by atoms with E-state index in [-0.39, 0.29) is 24.5 Å². The Balaban J connectivity index is 2.33. The summed E-state index contributed by atoms with van der Waals surface area (Å²) in [6.45, 7) is 6.55. The highest BCUT2D eigenvalue weighted by Crippen LogP contribution is 2.10. The molecule has 0 saturated heterocycles. The van der Waals surface area contributed by atoms with Crippen LogP contribution in [0, 0.1) is 11.8 Å². The normalized spacial score (nSPS) is 13.7. The summed E-state index contributed by atoms with van der Waals surface area (Å²) in [6.07, 6.45) is 5.72. The summed E-state index contributed by atoms with van der Waals surface area (Å²) in [4.78, 5) is 26.8. The Bertz CT molecular complexity index is 445. The van der Waals surface area contributed by atoms with E-state index in [1.807, 2.05) is 31.5 Å². The molecule has 1 aromatic heterocycles. The van der Waals surface area contributed by atoms with Crippen LogP contribution in [0.4, 0.5) is 4.79 Å². The van der Waals surface area contributed by atoms with Crippen LogP contribution in [0.1, 0.15) is 27.2 Å². The molecule has 21 heavy (non-hydrogen) atoms. The Morgan fingerprint density at radius 2 is 2.05 bits per heavy atom. The summed E-state index contributed by atoms with van der Waals surface area (Å²) in [7, 11) is 0. The fraction of sp³-hybridized carbons (Fsp3) is 0.643. The van der Waals surface area contributed by atoms with Crippen LogP contribution in [0.3, 0.4) is 0 Å². The van der Waals surface area contributed by atoms with Gasteiger partial charge in [-0.3, -0.25) is 4.79 Å². The first-order chi connectivity index (χ1) is 9.88. The van der Waals surface area contributed by atoms with Gasteiger partial charge in [-0.15, -0.1) is 0 Å². The van der Waals surface area contributed by atoms with Crippen molar-refractivity contribution in [1.29, 1.82) is 0 Å². The van der Waals surface area contributed by atoms with Crippen molar-refractivity contribution < 1.29 is 14.7 Å². The minimum Gasteiger partial charge on any atom is -0.481 e. The average Bonchev–Trinajstić information content (AvgIpc) is 2.86. The minimum absolute atomic E-state index is 0.0763. The van der Waals surface area contributed by atoms with Crippen LogP contribution < -0.4 is 10.6 Å². The Morgan fingerprint density at radius 3 is 2.57 bits per heavy atom. The van der Waals surface area contributed by atoms with E-state index in [2.05, 4.69) is 15.6 Å². The molecule has 0 fully saturated rings. The molecule has 1 heterocycles. The standard InChI is InChI=1S/C14H24N4O3/c1-10(2)6-12(13(19)20)7-16-14(21)17-11(3)8-18-5-4-15-9-18/h4-5,9-12H,6-8H2,1-3H3,(H,19,20)(H2,16,17,21). The smallest absolute Gasteiger partial charge is 0.315 e. The van der Waals surface area contributed by atoms with Gasteiger partial charge in [-0.05, 0) is 19.3 Å². The largest absolute Gasteiger partial charge is 0.481 e. The van der Waals surface area contributed by atoms with Gasteiger partial charge in [0, 0.05) is 31.5 Å². The van der Waals surface area contributed by atoms with Crippen molar-refractivity contribution in [3.63, 3.8) is 0 Å². The molecule has 0 bridgehead atoms. The highest BCUT2D eigenvalue weighted by Gasteiger charge is 2.19. The maximum atomic E-state index is 11.8. The summed E-state index contributed by atoms with van der Waals surface area (Å²) in [6, 6.07) is -0.426. The maximum absolute atomic E-state index is 11.8. The lowest BCUT2D eigenvalue weighted by Gasteiger charge is -2.18. The molecule has 2 atom stereocenters. The van der Waals surface area contributed by atoms with Gasteiger partial charge in [0.05, 0.1) is 12.2 Å². The number of carboxylic acid groups (broad SMARTS) is 1. The van der Waals surface area contributed by atoms with Crippen molar-refractivity contribution in [3.05, 3.63) is 18.7 Å². The fourth-order valence-corrected chi connectivity index (χ4v) is 2.09. The predicted octanol–water partition coefficient (Wildman–Crippen LogP) is 1.32. The summed E-state index contributed by atoms with van der Waals surface area (Å²) < 4.78 is 1.86. The third-order valence-electron chi connectivity index (χ3n) is 3.04. The van der Waals surface area contributed by atoms with E-state index in [1.165, 1.54) is 0 Å². The van der Waals surface area contributed by atoms with Gasteiger partial charge in [-0.25, -0.2) is 9.78 Å². The van der Waals surface area contributed by atoms with Gasteiger partial charge >= 0.3 is 12.0 Å². The van der Waals surface area contributed by atoms with E-state index in [1.54, 1.807) is 12.5 Å². The second-order valence-corrected chi connectivity index (χ2v) is 5.68. The van der Waals surface area contributed by atoms with Crippen molar-refractivity contribution in [1.82, 2.24) is 20.2 Å². The number of imidazole rings is 1. The second kappa shape index (κ2) is 8.28. The van der Waals surface area contributed by atoms with Crippen LogP contribution in [-0.2, 0) is 11.3 Å². The highest BCUT2D eigenvalue weighted by atomic mass is 16.4. The Hall–Kier alpha value is -2.05. The molecular weight excluding hydrogens is 272 g/mol. The highest BCUT2D eigenvalue weighted by molar-refractivity contribution is 5.76. The molecule has 0 aliphatic carbocycles. The Labute approximate surface area is 124 Å². The molecule has 2 amide bonds. The minimum atomic E-state index is -0.879. The SMILES string of the molecule is CC(C)CC(CNC(=O)NC(C)Cn1ccnc1)C(=O)O. The summed E-state index contributed by atoms with van der Waals surface area (Å²) in [5.74, 6) is -1.16. The molecule has 0 aromatic carbocycles. The zero-order valence-corrected chi connectivity index (χ0v) is 12.7. The number of amides is 2. The van der Waals surface area contributed by atoms with Crippen LogP contribution in [-0.4, -0.2) is 39.2 Å². The van der Waals surface area contributed by atoms with E-state index in [0.29, 0.717) is 13.0 Å². The molecule has 1 rings (SSSR count). The van der Waals surface area contributed by atoms with Gasteiger partial charge in [-0.1, -0.05) is 13.8 Å². The predicted molar refractivity (Wildman–Crippen MR) is 78.8 cm³/mol. The lowest BCUT2D eigenvalue weighted by atomic mass is 9.97. The molecule has 2 unspecified atom stereocenters. The number of aliphatic carboxylic acids is 1. The number of carbonyl (C=O) groups excluding carboxylic acids is 1. The Morgan fingerprint density at radius 1 is 1.33 bits per heavy atom. The van der Waals surface area contributed by atoms with Crippen molar-refractivity contribution in [3.8, 4) is 0 Å². The van der Waals surface area contributed by atoms with E-state index in [0.717, 1.165) is 0 Å². The quantitative estimate of drug-likeness (QED) is 0.674. The van der Waals surface area contributed by atoms with Crippen molar-refractivity contribution >= 4 is 12.0 Å². The van der Waals surface area contributed by atoms with Crippen LogP contribution >= 0.6 is 0 Å². The lowest BCUT2D eigenvalue weighted by molar-refractivity contribution is -0.142. The van der Waals surface area contributed by atoms with Crippen LogP contribution in [0.5, 0.6) is 0 Å². The zero-order chi connectivity index (χ0) is 15.8. The molecule has 1 aromatic rings. The number of aromatic nitrogens is 2. The molecule has 0 aliphatic heterocycles. The van der Waals surface area contributed by atoms with E-state index in [9.17, 15) is 9.59 Å². The van der Waals surface area contributed by atoms with Crippen molar-refractivity contribution in [2.24, 2.45) is 11.8 Å². The van der Waals surface area contributed by atoms with Gasteiger partial charge in [0.25, 0.3) is 0 Å². The van der Waals surface area contributed by atoms with Gasteiger partial charge in [0.1, 0.15) is 0 Å². The van der Waals surface area contributed by atoms with Gasteiger partial charge in [0.15, 0.2) is 0 Å². The van der Waals surface area contributed by atoms with Gasteiger partial charge < -0.3 is 20.3 Å². The molecule has 0 saturated carbocycles. The molecule has 3 N–H and O–H groups in total. The van der Waals surface area contributed by atoms with E-state index in [4.69, 9.17) is 5.11 Å². The van der Waals surface area contributed by atoms with Gasteiger partial charge in [0.2, 0.25) is 0 Å². The number of urea groups is 1. The van der Waals surface area contributed by atoms with Crippen LogP contribution in [0.2, 0.25) is 0 Å². The first kappa shape index (κ1) is 17.0. The average molecular weight is 296 g/mol. The molecule has 0 aliphatic rings. The first-order valence-electron chi connectivity index (χ1n) is 7.11. The van der Waals surface area contributed by atoms with E-state index >= 15 is 0 Å². The lowest BCUT2D eigenvalue weighted by Crippen LogP contribution is -2.44. The van der Waals surface area contributed by atoms with Crippen LogP contribution in [0.15, 0.2) is 18.7 Å². The molecule has 7 heteroatoms. The van der Waals surface area contributed by atoms with Gasteiger partial charge in [-0.2, -0.15) is 0 Å². The third-order valence-corrected chi connectivity index (χ3v) is 3.04. The third kappa shape index (κ3) is 6.78. The van der Waals surface area contributed by atoms with E-state index < -0.39 is 11.9 Å². The second-order valence-electron chi connectivity index (χ2n) is 5.68. The molecule has 118 valence electrons.